The summed E-state index contributed by atoms with van der Waals surface area (Å²) in [5, 5.41) is 2.82. The maximum Gasteiger partial charge on any atom is 0.261 e. The zero-order valence-corrected chi connectivity index (χ0v) is 18.4. The Kier molecular flexibility index (Phi) is 6.27. The summed E-state index contributed by atoms with van der Waals surface area (Å²) in [6.45, 7) is 7.77. The van der Waals surface area contributed by atoms with E-state index in [0.29, 0.717) is 11.4 Å². The fourth-order valence-electron chi connectivity index (χ4n) is 3.19. The van der Waals surface area contributed by atoms with E-state index in [4.69, 9.17) is 0 Å². The van der Waals surface area contributed by atoms with Gasteiger partial charge in [-0.1, -0.05) is 36.4 Å². The summed E-state index contributed by atoms with van der Waals surface area (Å²) in [7, 11) is -3.72. The van der Waals surface area contributed by atoms with Gasteiger partial charge in [-0.2, -0.15) is 0 Å². The summed E-state index contributed by atoms with van der Waals surface area (Å²) in [5.41, 5.74) is 6.12. The molecule has 1 amide bonds. The van der Waals surface area contributed by atoms with Crippen molar-refractivity contribution in [2.45, 2.75) is 39.0 Å². The first-order chi connectivity index (χ1) is 14.2. The molecule has 0 aliphatic rings. The lowest BCUT2D eigenvalue weighted by Gasteiger charge is -2.13. The van der Waals surface area contributed by atoms with Gasteiger partial charge in [0.2, 0.25) is 5.91 Å². The van der Waals surface area contributed by atoms with Crippen molar-refractivity contribution in [1.29, 1.82) is 0 Å². The number of amides is 1. The smallest absolute Gasteiger partial charge is 0.261 e. The summed E-state index contributed by atoms with van der Waals surface area (Å²) in [6, 6.07) is 17.7. The van der Waals surface area contributed by atoms with Crippen LogP contribution in [-0.4, -0.2) is 14.3 Å². The van der Waals surface area contributed by atoms with Crippen LogP contribution in [0.3, 0.4) is 0 Å². The number of anilines is 2. The molecule has 0 bridgehead atoms. The van der Waals surface area contributed by atoms with Gasteiger partial charge in [-0.3, -0.25) is 9.52 Å². The number of para-hydroxylation sites is 1. The Morgan fingerprint density at radius 1 is 0.800 bits per heavy atom. The Balaban J connectivity index is 1.69. The zero-order valence-electron chi connectivity index (χ0n) is 17.6. The van der Waals surface area contributed by atoms with Crippen molar-refractivity contribution in [1.82, 2.24) is 0 Å². The Bertz CT molecular complexity index is 1160. The minimum absolute atomic E-state index is 0.136. The molecule has 0 aliphatic carbocycles. The molecule has 156 valence electrons. The second-order valence-corrected chi connectivity index (χ2v) is 9.22. The van der Waals surface area contributed by atoms with Gasteiger partial charge in [-0.15, -0.1) is 0 Å². The minimum atomic E-state index is -3.72. The third kappa shape index (κ3) is 5.07. The molecule has 0 fully saturated rings. The van der Waals surface area contributed by atoms with E-state index in [1.807, 2.05) is 64.1 Å². The number of aryl methyl sites for hydroxylation is 4. The monoisotopic (exact) mass is 422 g/mol. The molecule has 3 aromatic rings. The molecule has 0 spiro atoms. The number of hydrogen-bond donors (Lipinski definition) is 2. The average molecular weight is 423 g/mol. The highest BCUT2D eigenvalue weighted by atomic mass is 32.2. The number of rotatable bonds is 6. The van der Waals surface area contributed by atoms with Gasteiger partial charge in [0.25, 0.3) is 10.0 Å². The van der Waals surface area contributed by atoms with Crippen LogP contribution in [0.1, 0.15) is 27.8 Å². The Hall–Kier alpha value is -3.12. The van der Waals surface area contributed by atoms with E-state index in [2.05, 4.69) is 10.0 Å². The first-order valence-corrected chi connectivity index (χ1v) is 11.2. The summed E-state index contributed by atoms with van der Waals surface area (Å²) in [5.74, 6) is -0.150. The molecule has 0 aliphatic heterocycles. The molecule has 2 N–H and O–H groups in total. The molecule has 5 nitrogen and oxygen atoms in total. The number of sulfonamides is 1. The van der Waals surface area contributed by atoms with Crippen LogP contribution < -0.4 is 10.0 Å². The lowest BCUT2D eigenvalue weighted by Crippen LogP contribution is -2.16. The predicted molar refractivity (Wildman–Crippen MR) is 121 cm³/mol. The van der Waals surface area contributed by atoms with Crippen molar-refractivity contribution in [3.63, 3.8) is 0 Å². The lowest BCUT2D eigenvalue weighted by molar-refractivity contribution is -0.115. The maximum atomic E-state index is 12.7. The van der Waals surface area contributed by atoms with E-state index in [1.54, 1.807) is 12.1 Å². The van der Waals surface area contributed by atoms with Gasteiger partial charge in [-0.05, 0) is 79.8 Å². The fraction of sp³-hybridized carbons (Fsp3) is 0.208. The summed E-state index contributed by atoms with van der Waals surface area (Å²) in [6.07, 6.45) is 0.259. The van der Waals surface area contributed by atoms with Crippen LogP contribution in [0, 0.1) is 27.7 Å². The standard InChI is InChI=1S/C24H26N2O3S/c1-16-8-9-20(14-19(16)4)15-23(27)25-21-10-12-22(13-11-21)30(28,29)26-24-17(2)6-5-7-18(24)3/h5-14,26H,15H2,1-4H3,(H,25,27). The normalized spacial score (nSPS) is 11.2. The fourth-order valence-corrected chi connectivity index (χ4v) is 4.39. The van der Waals surface area contributed by atoms with Crippen molar-refractivity contribution in [2.24, 2.45) is 0 Å². The molecule has 0 atom stereocenters. The highest BCUT2D eigenvalue weighted by Crippen LogP contribution is 2.24. The second kappa shape index (κ2) is 8.71. The van der Waals surface area contributed by atoms with Gasteiger partial charge in [0.1, 0.15) is 0 Å². The van der Waals surface area contributed by atoms with Crippen LogP contribution in [0.5, 0.6) is 0 Å². The molecular formula is C24H26N2O3S. The van der Waals surface area contributed by atoms with Crippen molar-refractivity contribution in [3.8, 4) is 0 Å². The van der Waals surface area contributed by atoms with Crippen LogP contribution in [0.25, 0.3) is 0 Å². The molecule has 0 aromatic heterocycles. The molecule has 6 heteroatoms. The van der Waals surface area contributed by atoms with Crippen molar-refractivity contribution in [2.75, 3.05) is 10.0 Å². The number of hydrogen-bond acceptors (Lipinski definition) is 3. The molecule has 3 rings (SSSR count). The molecule has 0 saturated heterocycles. The highest BCUT2D eigenvalue weighted by Gasteiger charge is 2.16. The topological polar surface area (TPSA) is 75.3 Å². The van der Waals surface area contributed by atoms with Gasteiger partial charge in [0.05, 0.1) is 17.0 Å². The first kappa shape index (κ1) is 21.6. The van der Waals surface area contributed by atoms with Crippen molar-refractivity contribution >= 4 is 27.3 Å². The van der Waals surface area contributed by atoms with E-state index >= 15 is 0 Å². The SMILES string of the molecule is Cc1ccc(CC(=O)Nc2ccc(S(=O)(=O)Nc3c(C)cccc3C)cc2)cc1C. The van der Waals surface area contributed by atoms with Crippen molar-refractivity contribution < 1.29 is 13.2 Å². The largest absolute Gasteiger partial charge is 0.326 e. The molecule has 0 saturated carbocycles. The van der Waals surface area contributed by atoms with Crippen LogP contribution in [-0.2, 0) is 21.2 Å². The van der Waals surface area contributed by atoms with Crippen LogP contribution in [0.4, 0.5) is 11.4 Å². The minimum Gasteiger partial charge on any atom is -0.326 e. The predicted octanol–water partition coefficient (Wildman–Crippen LogP) is 4.90. The molecule has 30 heavy (non-hydrogen) atoms. The van der Waals surface area contributed by atoms with Gasteiger partial charge in [0.15, 0.2) is 0 Å². The van der Waals surface area contributed by atoms with E-state index in [0.717, 1.165) is 22.3 Å². The lowest BCUT2D eigenvalue weighted by atomic mass is 10.0. The van der Waals surface area contributed by atoms with E-state index in [9.17, 15) is 13.2 Å². The Morgan fingerprint density at radius 3 is 2.03 bits per heavy atom. The van der Waals surface area contributed by atoms with E-state index in [1.165, 1.54) is 17.7 Å². The summed E-state index contributed by atoms with van der Waals surface area (Å²) < 4.78 is 28.1. The number of nitrogens with one attached hydrogen (secondary N) is 2. The summed E-state index contributed by atoms with van der Waals surface area (Å²) >= 11 is 0. The van der Waals surface area contributed by atoms with E-state index < -0.39 is 10.0 Å². The van der Waals surface area contributed by atoms with Crippen molar-refractivity contribution in [3.05, 3.63) is 88.5 Å². The van der Waals surface area contributed by atoms with Crippen LogP contribution in [0.15, 0.2) is 65.6 Å². The number of carbonyl (C=O) groups is 1. The van der Waals surface area contributed by atoms with E-state index in [-0.39, 0.29) is 17.2 Å². The number of carbonyl (C=O) groups excluding carboxylic acids is 1. The third-order valence-corrected chi connectivity index (χ3v) is 6.47. The molecule has 0 radical (unpaired) electrons. The zero-order chi connectivity index (χ0) is 21.9. The number of benzene rings is 3. The van der Waals surface area contributed by atoms with Crippen LogP contribution in [0.2, 0.25) is 0 Å². The molecular weight excluding hydrogens is 396 g/mol. The second-order valence-electron chi connectivity index (χ2n) is 7.54. The Labute approximate surface area is 178 Å². The van der Waals surface area contributed by atoms with Gasteiger partial charge >= 0.3 is 0 Å². The first-order valence-electron chi connectivity index (χ1n) is 9.71. The average Bonchev–Trinajstić information content (AvgIpc) is 2.68. The molecule has 0 unspecified atom stereocenters. The Morgan fingerprint density at radius 2 is 1.43 bits per heavy atom. The molecule has 3 aromatic carbocycles. The van der Waals surface area contributed by atoms with Gasteiger partial charge in [0, 0.05) is 5.69 Å². The maximum absolute atomic E-state index is 12.7. The highest BCUT2D eigenvalue weighted by molar-refractivity contribution is 7.92. The van der Waals surface area contributed by atoms with Crippen LogP contribution >= 0.6 is 0 Å². The molecule has 0 heterocycles. The van der Waals surface area contributed by atoms with Gasteiger partial charge in [-0.25, -0.2) is 8.42 Å². The third-order valence-electron chi connectivity index (χ3n) is 5.10. The quantitative estimate of drug-likeness (QED) is 0.593. The van der Waals surface area contributed by atoms with Gasteiger partial charge < -0.3 is 5.32 Å². The summed E-state index contributed by atoms with van der Waals surface area (Å²) in [4.78, 5) is 12.5.